The van der Waals surface area contributed by atoms with E-state index in [9.17, 15) is 9.90 Å². The molecule has 0 radical (unpaired) electrons. The summed E-state index contributed by atoms with van der Waals surface area (Å²) in [5.74, 6) is -0.0296. The predicted molar refractivity (Wildman–Crippen MR) is 47.9 cm³/mol. The molecule has 0 aliphatic heterocycles. The van der Waals surface area contributed by atoms with Gasteiger partial charge in [-0.15, -0.1) is 0 Å². The average Bonchev–Trinajstić information content (AvgIpc) is 1.97. The molecule has 0 atom stereocenters. The summed E-state index contributed by atoms with van der Waals surface area (Å²) in [4.78, 5) is 11.0. The van der Waals surface area contributed by atoms with Crippen molar-refractivity contribution in [3.8, 4) is 5.75 Å². The van der Waals surface area contributed by atoms with Crippen molar-refractivity contribution >= 4 is 17.4 Å². The van der Waals surface area contributed by atoms with Crippen molar-refractivity contribution in [3.05, 3.63) is 28.3 Å². The van der Waals surface area contributed by atoms with Gasteiger partial charge in [0.1, 0.15) is 5.75 Å². The standard InChI is InChI=1S/C9H9ClO2/c1-5-8(12)4-3-7(10)9(5)6(2)11/h3-4,12H,1-2H3. The van der Waals surface area contributed by atoms with Crippen LogP contribution in [0.15, 0.2) is 12.1 Å². The normalized spacial score (nSPS) is 9.92. The maximum Gasteiger partial charge on any atom is 0.161 e. The number of aromatic hydroxyl groups is 1. The lowest BCUT2D eigenvalue weighted by Crippen LogP contribution is -1.97. The van der Waals surface area contributed by atoms with Gasteiger partial charge >= 0.3 is 0 Å². The Balaban J connectivity index is 3.43. The summed E-state index contributed by atoms with van der Waals surface area (Å²) in [7, 11) is 0. The molecule has 0 aromatic heterocycles. The minimum absolute atomic E-state index is 0.101. The van der Waals surface area contributed by atoms with E-state index in [1.54, 1.807) is 6.92 Å². The molecule has 0 unspecified atom stereocenters. The lowest BCUT2D eigenvalue weighted by atomic mass is 10.0. The number of halogens is 1. The molecular weight excluding hydrogens is 176 g/mol. The number of hydrogen-bond acceptors (Lipinski definition) is 2. The predicted octanol–water partition coefficient (Wildman–Crippen LogP) is 2.56. The van der Waals surface area contributed by atoms with E-state index in [0.29, 0.717) is 16.1 Å². The minimum Gasteiger partial charge on any atom is -0.508 e. The fourth-order valence-corrected chi connectivity index (χ4v) is 1.44. The molecule has 0 fully saturated rings. The molecule has 64 valence electrons. The Labute approximate surface area is 75.8 Å². The minimum atomic E-state index is -0.131. The average molecular weight is 185 g/mol. The van der Waals surface area contributed by atoms with Crippen LogP contribution in [0.4, 0.5) is 0 Å². The fraction of sp³-hybridized carbons (Fsp3) is 0.222. The molecule has 1 N–H and O–H groups in total. The van der Waals surface area contributed by atoms with Gasteiger partial charge in [0.25, 0.3) is 0 Å². The van der Waals surface area contributed by atoms with Crippen LogP contribution in [-0.4, -0.2) is 10.9 Å². The number of benzene rings is 1. The van der Waals surface area contributed by atoms with Crippen molar-refractivity contribution in [1.29, 1.82) is 0 Å². The van der Waals surface area contributed by atoms with Crippen molar-refractivity contribution in [2.24, 2.45) is 0 Å². The molecule has 2 nitrogen and oxygen atoms in total. The zero-order chi connectivity index (χ0) is 9.30. The van der Waals surface area contributed by atoms with Gasteiger partial charge in [0.05, 0.1) is 5.02 Å². The summed E-state index contributed by atoms with van der Waals surface area (Å²) >= 11 is 5.76. The molecule has 0 aliphatic carbocycles. The fourth-order valence-electron chi connectivity index (χ4n) is 1.10. The van der Waals surface area contributed by atoms with Crippen molar-refractivity contribution in [2.45, 2.75) is 13.8 Å². The van der Waals surface area contributed by atoms with Gasteiger partial charge in [0.15, 0.2) is 5.78 Å². The van der Waals surface area contributed by atoms with Crippen LogP contribution in [0.3, 0.4) is 0 Å². The second-order valence-corrected chi connectivity index (χ2v) is 3.03. The second-order valence-electron chi connectivity index (χ2n) is 2.62. The highest BCUT2D eigenvalue weighted by atomic mass is 35.5. The van der Waals surface area contributed by atoms with Crippen molar-refractivity contribution in [1.82, 2.24) is 0 Å². The summed E-state index contributed by atoms with van der Waals surface area (Å²) in [5, 5.41) is 9.65. The van der Waals surface area contributed by atoms with E-state index in [0.717, 1.165) is 0 Å². The van der Waals surface area contributed by atoms with Crippen LogP contribution in [0, 0.1) is 6.92 Å². The molecule has 0 heterocycles. The molecule has 1 aromatic rings. The number of carbonyl (C=O) groups excluding carboxylic acids is 1. The maximum atomic E-state index is 11.0. The topological polar surface area (TPSA) is 37.3 Å². The van der Waals surface area contributed by atoms with Gasteiger partial charge in [-0.1, -0.05) is 11.6 Å². The first-order chi connectivity index (χ1) is 5.54. The first kappa shape index (κ1) is 9.07. The SMILES string of the molecule is CC(=O)c1c(Cl)ccc(O)c1C. The lowest BCUT2D eigenvalue weighted by Gasteiger charge is -2.05. The van der Waals surface area contributed by atoms with E-state index < -0.39 is 0 Å². The molecular formula is C9H9ClO2. The molecule has 0 spiro atoms. The van der Waals surface area contributed by atoms with E-state index in [2.05, 4.69) is 0 Å². The third-order valence-electron chi connectivity index (χ3n) is 1.74. The highest BCUT2D eigenvalue weighted by molar-refractivity contribution is 6.34. The Morgan fingerprint density at radius 1 is 1.50 bits per heavy atom. The van der Waals surface area contributed by atoms with Gasteiger partial charge in [0, 0.05) is 11.1 Å². The van der Waals surface area contributed by atoms with Crippen LogP contribution in [0.2, 0.25) is 5.02 Å². The summed E-state index contributed by atoms with van der Waals surface area (Å²) < 4.78 is 0. The van der Waals surface area contributed by atoms with Crippen LogP contribution in [0.25, 0.3) is 0 Å². The summed E-state index contributed by atoms with van der Waals surface area (Å²) in [6.45, 7) is 3.09. The maximum absolute atomic E-state index is 11.0. The van der Waals surface area contributed by atoms with E-state index in [1.165, 1.54) is 19.1 Å². The van der Waals surface area contributed by atoms with Gasteiger partial charge in [-0.25, -0.2) is 0 Å². The molecule has 3 heteroatoms. The van der Waals surface area contributed by atoms with Crippen LogP contribution in [-0.2, 0) is 0 Å². The van der Waals surface area contributed by atoms with Crippen LogP contribution >= 0.6 is 11.6 Å². The quantitative estimate of drug-likeness (QED) is 0.682. The first-order valence-corrected chi connectivity index (χ1v) is 3.91. The Morgan fingerprint density at radius 3 is 2.50 bits per heavy atom. The molecule has 0 aliphatic rings. The zero-order valence-corrected chi connectivity index (χ0v) is 7.64. The number of carbonyl (C=O) groups is 1. The number of phenolic OH excluding ortho intramolecular Hbond substituents is 1. The van der Waals surface area contributed by atoms with Gasteiger partial charge in [0.2, 0.25) is 0 Å². The Bertz CT molecular complexity index is 332. The number of Topliss-reactive ketones (excluding diaryl/α,β-unsaturated/α-hetero) is 1. The monoisotopic (exact) mass is 184 g/mol. The third kappa shape index (κ3) is 1.43. The zero-order valence-electron chi connectivity index (χ0n) is 6.89. The molecule has 12 heavy (non-hydrogen) atoms. The molecule has 0 saturated carbocycles. The second kappa shape index (κ2) is 3.15. The first-order valence-electron chi connectivity index (χ1n) is 3.53. The molecule has 0 amide bonds. The third-order valence-corrected chi connectivity index (χ3v) is 2.05. The van der Waals surface area contributed by atoms with Crippen molar-refractivity contribution < 1.29 is 9.90 Å². The summed E-state index contributed by atoms with van der Waals surface area (Å²) in [6, 6.07) is 2.99. The van der Waals surface area contributed by atoms with E-state index in [-0.39, 0.29) is 11.5 Å². The van der Waals surface area contributed by atoms with Crippen molar-refractivity contribution in [2.75, 3.05) is 0 Å². The molecule has 1 rings (SSSR count). The molecule has 0 bridgehead atoms. The van der Waals surface area contributed by atoms with Gasteiger partial charge in [-0.3, -0.25) is 4.79 Å². The molecule has 1 aromatic carbocycles. The van der Waals surface area contributed by atoms with Crippen molar-refractivity contribution in [3.63, 3.8) is 0 Å². The highest BCUT2D eigenvalue weighted by Gasteiger charge is 2.11. The molecule has 0 saturated heterocycles. The van der Waals surface area contributed by atoms with Crippen LogP contribution in [0.5, 0.6) is 5.75 Å². The Kier molecular flexibility index (Phi) is 2.38. The van der Waals surface area contributed by atoms with Gasteiger partial charge < -0.3 is 5.11 Å². The Morgan fingerprint density at radius 2 is 2.08 bits per heavy atom. The van der Waals surface area contributed by atoms with Crippen LogP contribution < -0.4 is 0 Å². The Hall–Kier alpha value is -1.02. The summed E-state index contributed by atoms with van der Waals surface area (Å²) in [5.41, 5.74) is 0.937. The number of rotatable bonds is 1. The number of phenols is 1. The highest BCUT2D eigenvalue weighted by Crippen LogP contribution is 2.27. The van der Waals surface area contributed by atoms with E-state index in [4.69, 9.17) is 11.6 Å². The number of ketones is 1. The van der Waals surface area contributed by atoms with E-state index >= 15 is 0 Å². The van der Waals surface area contributed by atoms with Gasteiger partial charge in [-0.2, -0.15) is 0 Å². The smallest absolute Gasteiger partial charge is 0.161 e. The number of hydrogen-bond donors (Lipinski definition) is 1. The lowest BCUT2D eigenvalue weighted by molar-refractivity contribution is 0.101. The summed E-state index contributed by atoms with van der Waals surface area (Å²) in [6.07, 6.45) is 0. The van der Waals surface area contributed by atoms with E-state index in [1.807, 2.05) is 0 Å². The van der Waals surface area contributed by atoms with Gasteiger partial charge in [-0.05, 0) is 26.0 Å². The largest absolute Gasteiger partial charge is 0.508 e. The van der Waals surface area contributed by atoms with Crippen LogP contribution in [0.1, 0.15) is 22.8 Å².